The third-order valence-corrected chi connectivity index (χ3v) is 4.10. The van der Waals surface area contributed by atoms with Crippen molar-refractivity contribution in [2.24, 2.45) is 5.73 Å². The van der Waals surface area contributed by atoms with Crippen LogP contribution < -0.4 is 15.8 Å². The van der Waals surface area contributed by atoms with Crippen LogP contribution >= 0.6 is 0 Å². The Morgan fingerprint density at radius 1 is 1.32 bits per heavy atom. The predicted octanol–water partition coefficient (Wildman–Crippen LogP) is 2.63. The van der Waals surface area contributed by atoms with Crippen molar-refractivity contribution in [2.75, 3.05) is 20.2 Å². The van der Waals surface area contributed by atoms with E-state index in [0.29, 0.717) is 24.4 Å². The lowest BCUT2D eigenvalue weighted by molar-refractivity contribution is 0.0953. The van der Waals surface area contributed by atoms with Gasteiger partial charge >= 0.3 is 0 Å². The summed E-state index contributed by atoms with van der Waals surface area (Å²) in [5.74, 6) is 1.18. The molecule has 0 radical (unpaired) electrons. The number of nitrogens with zero attached hydrogens (tertiary/aromatic N) is 1. The summed E-state index contributed by atoms with van der Waals surface area (Å²) in [5, 5.41) is 2.84. The topological polar surface area (TPSA) is 93.0 Å². The summed E-state index contributed by atoms with van der Waals surface area (Å²) in [4.78, 5) is 20.2. The SMILES string of the molecule is COc1cc(C(=O)NCCCN)ccc1-c1nc2c(C)cccc2[nH]1. The monoisotopic (exact) mass is 338 g/mol. The van der Waals surface area contributed by atoms with E-state index in [1.165, 1.54) is 0 Å². The fourth-order valence-corrected chi connectivity index (χ4v) is 2.74. The molecule has 0 atom stereocenters. The highest BCUT2D eigenvalue weighted by atomic mass is 16.5. The van der Waals surface area contributed by atoms with Gasteiger partial charge in [0.15, 0.2) is 0 Å². The Morgan fingerprint density at radius 3 is 2.88 bits per heavy atom. The number of nitrogens with one attached hydrogen (secondary N) is 2. The molecule has 1 aromatic heterocycles. The Labute approximate surface area is 146 Å². The summed E-state index contributed by atoms with van der Waals surface area (Å²) in [5.41, 5.74) is 9.82. The minimum absolute atomic E-state index is 0.140. The van der Waals surface area contributed by atoms with Crippen molar-refractivity contribution < 1.29 is 9.53 Å². The van der Waals surface area contributed by atoms with E-state index in [-0.39, 0.29) is 5.91 Å². The van der Waals surface area contributed by atoms with Gasteiger partial charge < -0.3 is 20.8 Å². The van der Waals surface area contributed by atoms with E-state index in [1.54, 1.807) is 19.2 Å². The molecule has 0 unspecified atom stereocenters. The number of fused-ring (bicyclic) bond motifs is 1. The van der Waals surface area contributed by atoms with Gasteiger partial charge in [-0.25, -0.2) is 4.98 Å². The van der Waals surface area contributed by atoms with Crippen molar-refractivity contribution in [3.8, 4) is 17.1 Å². The molecule has 0 aliphatic carbocycles. The van der Waals surface area contributed by atoms with E-state index in [0.717, 1.165) is 34.4 Å². The summed E-state index contributed by atoms with van der Waals surface area (Å²) >= 11 is 0. The molecule has 25 heavy (non-hydrogen) atoms. The Morgan fingerprint density at radius 2 is 2.16 bits per heavy atom. The zero-order chi connectivity index (χ0) is 17.8. The Balaban J connectivity index is 1.93. The largest absolute Gasteiger partial charge is 0.496 e. The summed E-state index contributed by atoms with van der Waals surface area (Å²) in [6, 6.07) is 11.4. The van der Waals surface area contributed by atoms with Gasteiger partial charge in [-0.05, 0) is 49.7 Å². The Bertz CT molecular complexity index is 902. The molecule has 0 spiro atoms. The number of methoxy groups -OCH3 is 1. The second-order valence-corrected chi connectivity index (χ2v) is 5.87. The first-order valence-electron chi connectivity index (χ1n) is 8.26. The van der Waals surface area contributed by atoms with Crippen LogP contribution in [0.25, 0.3) is 22.4 Å². The number of hydrogen-bond acceptors (Lipinski definition) is 4. The number of hydrogen-bond donors (Lipinski definition) is 3. The number of imidazole rings is 1. The van der Waals surface area contributed by atoms with Crippen LogP contribution in [-0.4, -0.2) is 36.1 Å². The molecular formula is C19H22N4O2. The zero-order valence-electron chi connectivity index (χ0n) is 14.4. The molecular weight excluding hydrogens is 316 g/mol. The minimum atomic E-state index is -0.140. The van der Waals surface area contributed by atoms with Crippen LogP contribution in [0.1, 0.15) is 22.3 Å². The van der Waals surface area contributed by atoms with Gasteiger partial charge in [-0.15, -0.1) is 0 Å². The Hall–Kier alpha value is -2.86. The summed E-state index contributed by atoms with van der Waals surface area (Å²) < 4.78 is 5.48. The van der Waals surface area contributed by atoms with Crippen molar-refractivity contribution in [1.29, 1.82) is 0 Å². The second kappa shape index (κ2) is 7.36. The highest BCUT2D eigenvalue weighted by Gasteiger charge is 2.14. The number of para-hydroxylation sites is 1. The molecule has 2 aromatic carbocycles. The smallest absolute Gasteiger partial charge is 0.251 e. The summed E-state index contributed by atoms with van der Waals surface area (Å²) in [7, 11) is 1.59. The molecule has 0 bridgehead atoms. The number of carbonyl (C=O) groups excluding carboxylic acids is 1. The normalized spacial score (nSPS) is 10.8. The molecule has 1 heterocycles. The van der Waals surface area contributed by atoms with E-state index in [1.807, 2.05) is 31.2 Å². The maximum Gasteiger partial charge on any atom is 0.251 e. The molecule has 0 fully saturated rings. The van der Waals surface area contributed by atoms with Crippen LogP contribution in [0, 0.1) is 6.92 Å². The number of amides is 1. The first-order chi connectivity index (χ1) is 12.1. The molecule has 0 saturated carbocycles. The molecule has 3 rings (SSSR count). The number of benzene rings is 2. The van der Waals surface area contributed by atoms with Gasteiger partial charge in [0.1, 0.15) is 11.6 Å². The average Bonchev–Trinajstić information content (AvgIpc) is 3.06. The van der Waals surface area contributed by atoms with Gasteiger partial charge in [0.25, 0.3) is 5.91 Å². The quantitative estimate of drug-likeness (QED) is 0.602. The van der Waals surface area contributed by atoms with Gasteiger partial charge in [-0.2, -0.15) is 0 Å². The van der Waals surface area contributed by atoms with Crippen LogP contribution in [0.3, 0.4) is 0 Å². The van der Waals surface area contributed by atoms with Gasteiger partial charge in [-0.3, -0.25) is 4.79 Å². The number of aromatic nitrogens is 2. The maximum atomic E-state index is 12.2. The first-order valence-corrected chi connectivity index (χ1v) is 8.26. The number of nitrogens with two attached hydrogens (primary N) is 1. The van der Waals surface area contributed by atoms with Crippen molar-refractivity contribution >= 4 is 16.9 Å². The number of carbonyl (C=O) groups is 1. The molecule has 6 heteroatoms. The van der Waals surface area contributed by atoms with Gasteiger partial charge in [0.05, 0.1) is 23.7 Å². The lowest BCUT2D eigenvalue weighted by atomic mass is 10.1. The molecule has 0 saturated heterocycles. The lowest BCUT2D eigenvalue weighted by Crippen LogP contribution is -2.25. The minimum Gasteiger partial charge on any atom is -0.496 e. The van der Waals surface area contributed by atoms with Crippen molar-refractivity contribution in [3.05, 3.63) is 47.5 Å². The highest BCUT2D eigenvalue weighted by molar-refractivity contribution is 5.95. The summed E-state index contributed by atoms with van der Waals surface area (Å²) in [6.07, 6.45) is 0.749. The van der Waals surface area contributed by atoms with Crippen LogP contribution in [0.4, 0.5) is 0 Å². The van der Waals surface area contributed by atoms with Crippen LogP contribution in [0.5, 0.6) is 5.75 Å². The van der Waals surface area contributed by atoms with Gasteiger partial charge in [-0.1, -0.05) is 12.1 Å². The average molecular weight is 338 g/mol. The van der Waals surface area contributed by atoms with Gasteiger partial charge in [0.2, 0.25) is 0 Å². The highest BCUT2D eigenvalue weighted by Crippen LogP contribution is 2.31. The molecule has 0 aliphatic heterocycles. The predicted molar refractivity (Wildman–Crippen MR) is 98.8 cm³/mol. The zero-order valence-corrected chi connectivity index (χ0v) is 14.4. The third-order valence-electron chi connectivity index (χ3n) is 4.10. The molecule has 6 nitrogen and oxygen atoms in total. The van der Waals surface area contributed by atoms with Gasteiger partial charge in [0, 0.05) is 12.1 Å². The standard InChI is InChI=1S/C19H22N4O2/c1-12-5-3-6-15-17(12)23-18(22-15)14-8-7-13(11-16(14)25-2)19(24)21-10-4-9-20/h3,5-8,11H,4,9-10,20H2,1-2H3,(H,21,24)(H,22,23). The van der Waals surface area contributed by atoms with Crippen LogP contribution in [0.15, 0.2) is 36.4 Å². The molecule has 0 aliphatic rings. The first kappa shape index (κ1) is 17.0. The molecule has 1 amide bonds. The van der Waals surface area contributed by atoms with E-state index in [4.69, 9.17) is 10.5 Å². The van der Waals surface area contributed by atoms with Crippen molar-refractivity contribution in [1.82, 2.24) is 15.3 Å². The molecule has 4 N–H and O–H groups in total. The lowest BCUT2D eigenvalue weighted by Gasteiger charge is -2.09. The Kier molecular flexibility index (Phi) is 5.00. The number of ether oxygens (including phenoxy) is 1. The van der Waals surface area contributed by atoms with Crippen LogP contribution in [-0.2, 0) is 0 Å². The fourth-order valence-electron chi connectivity index (χ4n) is 2.74. The number of H-pyrrole nitrogens is 1. The van der Waals surface area contributed by atoms with E-state index < -0.39 is 0 Å². The van der Waals surface area contributed by atoms with E-state index >= 15 is 0 Å². The second-order valence-electron chi connectivity index (χ2n) is 5.87. The molecule has 130 valence electrons. The third kappa shape index (κ3) is 3.49. The van der Waals surface area contributed by atoms with Crippen molar-refractivity contribution in [3.63, 3.8) is 0 Å². The number of rotatable bonds is 6. The summed E-state index contributed by atoms with van der Waals surface area (Å²) in [6.45, 7) is 3.13. The number of aryl methyl sites for hydroxylation is 1. The van der Waals surface area contributed by atoms with E-state index in [2.05, 4.69) is 15.3 Å². The fraction of sp³-hybridized carbons (Fsp3) is 0.263. The van der Waals surface area contributed by atoms with E-state index in [9.17, 15) is 4.79 Å². The maximum absolute atomic E-state index is 12.2. The van der Waals surface area contributed by atoms with Crippen LogP contribution in [0.2, 0.25) is 0 Å². The van der Waals surface area contributed by atoms with Crippen molar-refractivity contribution in [2.45, 2.75) is 13.3 Å². The molecule has 3 aromatic rings. The number of aromatic amines is 1.